The van der Waals surface area contributed by atoms with Crippen LogP contribution in [0.3, 0.4) is 0 Å². The zero-order valence-corrected chi connectivity index (χ0v) is 11.0. The summed E-state index contributed by atoms with van der Waals surface area (Å²) in [5.41, 5.74) is 7.26. The van der Waals surface area contributed by atoms with Gasteiger partial charge in [-0.25, -0.2) is 4.52 Å². The van der Waals surface area contributed by atoms with E-state index in [4.69, 9.17) is 10.9 Å². The lowest BCUT2D eigenvalue weighted by Gasteiger charge is -2.03. The van der Waals surface area contributed by atoms with Crippen molar-refractivity contribution < 1.29 is 5.21 Å². The summed E-state index contributed by atoms with van der Waals surface area (Å²) in [5.74, 6) is -0.0377. The molecule has 0 fully saturated rings. The highest BCUT2D eigenvalue weighted by atomic mass is 16.4. The van der Waals surface area contributed by atoms with Crippen LogP contribution in [0.5, 0.6) is 0 Å². The second kappa shape index (κ2) is 5.12. The molecular weight excluding hydrogens is 270 g/mol. The summed E-state index contributed by atoms with van der Waals surface area (Å²) in [7, 11) is 0. The third kappa shape index (κ3) is 2.36. The van der Waals surface area contributed by atoms with Crippen LogP contribution in [0.25, 0.3) is 16.8 Å². The molecule has 0 aliphatic heterocycles. The van der Waals surface area contributed by atoms with Crippen LogP contribution >= 0.6 is 0 Å². The van der Waals surface area contributed by atoms with Gasteiger partial charge in [-0.2, -0.15) is 5.10 Å². The lowest BCUT2D eigenvalue weighted by Crippen LogP contribution is -2.28. The second-order valence-electron chi connectivity index (χ2n) is 4.55. The van der Waals surface area contributed by atoms with Gasteiger partial charge in [-0.3, -0.25) is 4.79 Å². The molecule has 2 heterocycles. The Morgan fingerprint density at radius 2 is 2.05 bits per heavy atom. The van der Waals surface area contributed by atoms with Crippen LogP contribution in [0, 0.1) is 0 Å². The summed E-state index contributed by atoms with van der Waals surface area (Å²) >= 11 is 0. The summed E-state index contributed by atoms with van der Waals surface area (Å²) in [4.78, 5) is 12.3. The van der Waals surface area contributed by atoms with Gasteiger partial charge in [0.2, 0.25) is 0 Å². The normalized spacial score (nSPS) is 11.9. The van der Waals surface area contributed by atoms with E-state index in [0.717, 1.165) is 5.56 Å². The van der Waals surface area contributed by atoms with Crippen molar-refractivity contribution in [3.63, 3.8) is 0 Å². The van der Waals surface area contributed by atoms with E-state index < -0.39 is 0 Å². The maximum absolute atomic E-state index is 12.3. The van der Waals surface area contributed by atoms with Gasteiger partial charge < -0.3 is 15.5 Å². The summed E-state index contributed by atoms with van der Waals surface area (Å²) in [5, 5.41) is 15.8. The van der Waals surface area contributed by atoms with E-state index in [1.165, 1.54) is 9.08 Å². The Bertz CT molecular complexity index is 864. The molecule has 3 rings (SSSR count). The van der Waals surface area contributed by atoms with Crippen molar-refractivity contribution >= 4 is 11.4 Å². The first-order valence-electron chi connectivity index (χ1n) is 6.29. The van der Waals surface area contributed by atoms with Crippen molar-refractivity contribution in [3.8, 4) is 11.3 Å². The minimum absolute atomic E-state index is 0.0255. The van der Waals surface area contributed by atoms with Crippen LogP contribution in [0.4, 0.5) is 0 Å². The van der Waals surface area contributed by atoms with Crippen molar-refractivity contribution in [1.82, 2.24) is 14.2 Å². The summed E-state index contributed by atoms with van der Waals surface area (Å²) in [6.45, 7) is 0.0255. The Kier molecular flexibility index (Phi) is 3.15. The van der Waals surface area contributed by atoms with Crippen LogP contribution < -0.4 is 11.3 Å². The Morgan fingerprint density at radius 1 is 1.29 bits per heavy atom. The van der Waals surface area contributed by atoms with Gasteiger partial charge in [0.25, 0.3) is 5.56 Å². The van der Waals surface area contributed by atoms with E-state index in [2.05, 4.69) is 10.3 Å². The standard InChI is InChI=1S/C14H13N5O2/c15-13(17-21)9-18-6-7-19-12(14(18)20)8-11(16-19)10-4-2-1-3-5-10/h1-8,21H,9H2,(H2,15,17). The van der Waals surface area contributed by atoms with Crippen LogP contribution in [-0.4, -0.2) is 25.2 Å². The molecule has 21 heavy (non-hydrogen) atoms. The Balaban J connectivity index is 2.11. The molecule has 7 heteroatoms. The first kappa shape index (κ1) is 12.9. The number of nitrogens with zero attached hydrogens (tertiary/aromatic N) is 4. The van der Waals surface area contributed by atoms with Gasteiger partial charge >= 0.3 is 0 Å². The molecule has 0 bridgehead atoms. The van der Waals surface area contributed by atoms with Crippen LogP contribution in [-0.2, 0) is 6.54 Å². The average Bonchev–Trinajstić information content (AvgIpc) is 2.96. The molecule has 0 aliphatic rings. The molecule has 0 saturated heterocycles. The molecule has 0 atom stereocenters. The maximum Gasteiger partial charge on any atom is 0.277 e. The van der Waals surface area contributed by atoms with Crippen molar-refractivity contribution in [2.24, 2.45) is 10.9 Å². The van der Waals surface area contributed by atoms with Crippen LogP contribution in [0.2, 0.25) is 0 Å². The maximum atomic E-state index is 12.3. The van der Waals surface area contributed by atoms with Crippen LogP contribution in [0.1, 0.15) is 0 Å². The number of oxime groups is 1. The molecular formula is C14H13N5O2. The van der Waals surface area contributed by atoms with Gasteiger partial charge in [-0.05, 0) is 6.07 Å². The fourth-order valence-corrected chi connectivity index (χ4v) is 2.11. The molecule has 106 valence electrons. The van der Waals surface area contributed by atoms with Crippen molar-refractivity contribution in [1.29, 1.82) is 0 Å². The number of benzene rings is 1. The molecule has 2 aromatic heterocycles. The van der Waals surface area contributed by atoms with Crippen molar-refractivity contribution in [2.75, 3.05) is 0 Å². The van der Waals surface area contributed by atoms with E-state index in [0.29, 0.717) is 11.2 Å². The fourth-order valence-electron chi connectivity index (χ4n) is 2.11. The molecule has 3 aromatic rings. The molecule has 0 spiro atoms. The van der Waals surface area contributed by atoms with Gasteiger partial charge in [-0.15, -0.1) is 0 Å². The number of hydrogen-bond donors (Lipinski definition) is 2. The first-order valence-corrected chi connectivity index (χ1v) is 6.29. The van der Waals surface area contributed by atoms with E-state index in [1.807, 2.05) is 30.3 Å². The minimum Gasteiger partial charge on any atom is -0.409 e. The minimum atomic E-state index is -0.251. The highest BCUT2D eigenvalue weighted by Gasteiger charge is 2.09. The number of fused-ring (bicyclic) bond motifs is 1. The quantitative estimate of drug-likeness (QED) is 0.323. The topological polar surface area (TPSA) is 97.9 Å². The Hall–Kier alpha value is -3.09. The zero-order chi connectivity index (χ0) is 14.8. The van der Waals surface area contributed by atoms with E-state index >= 15 is 0 Å². The molecule has 3 N–H and O–H groups in total. The largest absolute Gasteiger partial charge is 0.409 e. The third-order valence-electron chi connectivity index (χ3n) is 3.13. The number of amidine groups is 1. The van der Waals surface area contributed by atoms with Gasteiger partial charge in [-0.1, -0.05) is 35.5 Å². The molecule has 7 nitrogen and oxygen atoms in total. The SMILES string of the molecule is NC(Cn1ccn2nc(-c3ccccc3)cc2c1=O)=NO. The number of hydrogen-bond acceptors (Lipinski definition) is 4. The second-order valence-corrected chi connectivity index (χ2v) is 4.55. The Labute approximate surface area is 119 Å². The van der Waals surface area contributed by atoms with Gasteiger partial charge in [0.1, 0.15) is 5.52 Å². The molecule has 1 aromatic carbocycles. The Morgan fingerprint density at radius 3 is 2.76 bits per heavy atom. The average molecular weight is 283 g/mol. The summed E-state index contributed by atoms with van der Waals surface area (Å²) < 4.78 is 2.88. The zero-order valence-electron chi connectivity index (χ0n) is 11.0. The van der Waals surface area contributed by atoms with Crippen molar-refractivity contribution in [3.05, 3.63) is 59.1 Å². The lowest BCUT2D eigenvalue weighted by molar-refractivity contribution is 0.316. The predicted octanol–water partition coefficient (Wildman–Crippen LogP) is 0.909. The predicted molar refractivity (Wildman–Crippen MR) is 78.3 cm³/mol. The van der Waals surface area contributed by atoms with Crippen molar-refractivity contribution in [2.45, 2.75) is 6.54 Å². The molecule has 0 unspecified atom stereocenters. The highest BCUT2D eigenvalue weighted by Crippen LogP contribution is 2.17. The molecule has 0 radical (unpaired) electrons. The first-order chi connectivity index (χ1) is 10.2. The van der Waals surface area contributed by atoms with Gasteiger partial charge in [0.05, 0.1) is 12.2 Å². The van der Waals surface area contributed by atoms with E-state index in [9.17, 15) is 4.79 Å². The highest BCUT2D eigenvalue weighted by molar-refractivity contribution is 5.79. The summed E-state index contributed by atoms with van der Waals surface area (Å²) in [6, 6.07) is 11.3. The molecule has 0 saturated carbocycles. The molecule has 0 amide bonds. The number of rotatable bonds is 3. The fraction of sp³-hybridized carbons (Fsp3) is 0.0714. The smallest absolute Gasteiger partial charge is 0.277 e. The van der Waals surface area contributed by atoms with E-state index in [1.54, 1.807) is 18.5 Å². The number of nitrogens with two attached hydrogens (primary N) is 1. The molecule has 0 aliphatic carbocycles. The van der Waals surface area contributed by atoms with Crippen LogP contribution in [0.15, 0.2) is 58.7 Å². The number of aromatic nitrogens is 3. The van der Waals surface area contributed by atoms with Gasteiger partial charge in [0.15, 0.2) is 5.84 Å². The lowest BCUT2D eigenvalue weighted by atomic mass is 10.1. The summed E-state index contributed by atoms with van der Waals surface area (Å²) in [6.07, 6.45) is 3.21. The van der Waals surface area contributed by atoms with E-state index in [-0.39, 0.29) is 17.9 Å². The third-order valence-corrected chi connectivity index (χ3v) is 3.13. The van der Waals surface area contributed by atoms with Gasteiger partial charge in [0, 0.05) is 18.0 Å². The monoisotopic (exact) mass is 283 g/mol.